The number of nitro groups is 1. The van der Waals surface area contributed by atoms with Gasteiger partial charge in [0.25, 0.3) is 11.6 Å². The Morgan fingerprint density at radius 3 is 2.81 bits per heavy atom. The van der Waals surface area contributed by atoms with Gasteiger partial charge in [-0.2, -0.15) is 0 Å². The first kappa shape index (κ1) is 19.4. The number of thioether (sulfide) groups is 1. The Labute approximate surface area is 166 Å². The molecule has 0 fully saturated rings. The van der Waals surface area contributed by atoms with E-state index in [0.717, 1.165) is 0 Å². The molecule has 0 N–H and O–H groups in total. The Balaban J connectivity index is 1.76. The van der Waals surface area contributed by atoms with Gasteiger partial charge in [0.05, 0.1) is 11.5 Å². The van der Waals surface area contributed by atoms with E-state index in [1.54, 1.807) is 4.90 Å². The molecule has 27 heavy (non-hydrogen) atoms. The molecule has 0 aromatic heterocycles. The second kappa shape index (κ2) is 8.10. The van der Waals surface area contributed by atoms with E-state index in [1.807, 2.05) is 6.92 Å². The van der Waals surface area contributed by atoms with Crippen LogP contribution in [0.1, 0.15) is 27.0 Å². The number of hydrogen-bond acceptors (Lipinski definition) is 5. The molecule has 0 unspecified atom stereocenters. The molecule has 1 amide bonds. The molecule has 2 aromatic rings. The third kappa shape index (κ3) is 4.31. The standard InChI is InChI=1S/C19H18ClN3O3S/c1-12-3-4-13(2)15(9-12)11-27-19-21-7-8-22(19)18(24)14-5-6-16(20)17(10-14)23(25)26/h3-6,9-10H,7-8,11H2,1-2H3. The minimum absolute atomic E-state index is 0.0103. The second-order valence-electron chi connectivity index (χ2n) is 6.26. The van der Waals surface area contributed by atoms with Crippen LogP contribution in [-0.2, 0) is 5.75 Å². The van der Waals surface area contributed by atoms with Gasteiger partial charge in [-0.25, -0.2) is 0 Å². The minimum Gasteiger partial charge on any atom is -0.286 e. The zero-order valence-electron chi connectivity index (χ0n) is 14.9. The first-order chi connectivity index (χ1) is 12.9. The van der Waals surface area contributed by atoms with Gasteiger partial charge in [-0.1, -0.05) is 47.1 Å². The molecule has 0 spiro atoms. The smallest absolute Gasteiger partial charge is 0.286 e. The van der Waals surface area contributed by atoms with Crippen LogP contribution in [0.5, 0.6) is 0 Å². The molecule has 0 atom stereocenters. The molecule has 0 aliphatic carbocycles. The van der Waals surface area contributed by atoms with Crippen molar-refractivity contribution in [3.05, 3.63) is 73.8 Å². The molecule has 3 rings (SSSR count). The molecule has 1 heterocycles. The molecule has 1 aliphatic rings. The predicted octanol–water partition coefficient (Wildman–Crippen LogP) is 4.61. The molecule has 0 bridgehead atoms. The molecule has 8 heteroatoms. The monoisotopic (exact) mass is 403 g/mol. The van der Waals surface area contributed by atoms with Crippen molar-refractivity contribution < 1.29 is 9.72 Å². The number of halogens is 1. The van der Waals surface area contributed by atoms with Crippen LogP contribution < -0.4 is 0 Å². The second-order valence-corrected chi connectivity index (χ2v) is 7.61. The number of hydrogen-bond donors (Lipinski definition) is 0. The molecule has 0 saturated carbocycles. The number of rotatable bonds is 4. The average Bonchev–Trinajstić information content (AvgIpc) is 3.10. The largest absolute Gasteiger partial charge is 0.288 e. The molecular formula is C19H18ClN3O3S. The van der Waals surface area contributed by atoms with Crippen LogP contribution in [0.15, 0.2) is 41.4 Å². The van der Waals surface area contributed by atoms with Gasteiger partial charge in [0, 0.05) is 23.9 Å². The van der Waals surface area contributed by atoms with Gasteiger partial charge in [0.2, 0.25) is 0 Å². The lowest BCUT2D eigenvalue weighted by Crippen LogP contribution is -2.32. The summed E-state index contributed by atoms with van der Waals surface area (Å²) >= 11 is 7.33. The summed E-state index contributed by atoms with van der Waals surface area (Å²) in [6.45, 7) is 5.09. The summed E-state index contributed by atoms with van der Waals surface area (Å²) in [4.78, 5) is 29.3. The molecule has 1 aliphatic heterocycles. The lowest BCUT2D eigenvalue weighted by molar-refractivity contribution is -0.384. The Morgan fingerprint density at radius 1 is 1.30 bits per heavy atom. The number of carbonyl (C=O) groups is 1. The number of aryl methyl sites for hydroxylation is 2. The zero-order chi connectivity index (χ0) is 19.6. The Hall–Kier alpha value is -2.38. The van der Waals surface area contributed by atoms with Crippen molar-refractivity contribution in [2.24, 2.45) is 4.99 Å². The number of carbonyl (C=O) groups excluding carboxylic acids is 1. The number of aliphatic imine (C=N–C) groups is 1. The van der Waals surface area contributed by atoms with Gasteiger partial charge in [0.15, 0.2) is 5.17 Å². The van der Waals surface area contributed by atoms with Gasteiger partial charge in [-0.15, -0.1) is 0 Å². The fourth-order valence-electron chi connectivity index (χ4n) is 2.78. The lowest BCUT2D eigenvalue weighted by atomic mass is 10.1. The summed E-state index contributed by atoms with van der Waals surface area (Å²) in [6, 6.07) is 10.4. The maximum atomic E-state index is 12.8. The predicted molar refractivity (Wildman–Crippen MR) is 109 cm³/mol. The number of amidine groups is 1. The van der Waals surface area contributed by atoms with Crippen molar-refractivity contribution in [1.82, 2.24) is 4.90 Å². The van der Waals surface area contributed by atoms with E-state index in [9.17, 15) is 14.9 Å². The summed E-state index contributed by atoms with van der Waals surface area (Å²) < 4.78 is 0. The van der Waals surface area contributed by atoms with Crippen molar-refractivity contribution in [3.8, 4) is 0 Å². The Kier molecular flexibility index (Phi) is 5.82. The minimum atomic E-state index is -0.590. The fraction of sp³-hybridized carbons (Fsp3) is 0.263. The van der Waals surface area contributed by atoms with Crippen LogP contribution >= 0.6 is 23.4 Å². The number of nitrogens with zero attached hydrogens (tertiary/aromatic N) is 3. The topological polar surface area (TPSA) is 75.8 Å². The van der Waals surface area contributed by atoms with Crippen LogP contribution in [0.4, 0.5) is 5.69 Å². The quantitative estimate of drug-likeness (QED) is 0.551. The van der Waals surface area contributed by atoms with E-state index in [0.29, 0.717) is 24.0 Å². The van der Waals surface area contributed by atoms with Crippen molar-refractivity contribution in [1.29, 1.82) is 0 Å². The maximum absolute atomic E-state index is 12.8. The number of amides is 1. The highest BCUT2D eigenvalue weighted by Crippen LogP contribution is 2.28. The normalized spacial score (nSPS) is 13.6. The van der Waals surface area contributed by atoms with Crippen LogP contribution in [-0.4, -0.2) is 34.0 Å². The highest BCUT2D eigenvalue weighted by atomic mass is 35.5. The molecule has 2 aromatic carbocycles. The third-order valence-electron chi connectivity index (χ3n) is 4.30. The summed E-state index contributed by atoms with van der Waals surface area (Å²) in [5.41, 5.74) is 3.53. The van der Waals surface area contributed by atoms with Crippen LogP contribution in [0.3, 0.4) is 0 Å². The van der Waals surface area contributed by atoms with Gasteiger partial charge in [0.1, 0.15) is 5.02 Å². The summed E-state index contributed by atoms with van der Waals surface area (Å²) in [5, 5.41) is 11.7. The Bertz CT molecular complexity index is 946. The molecule has 6 nitrogen and oxygen atoms in total. The van der Waals surface area contributed by atoms with E-state index in [2.05, 4.69) is 30.1 Å². The maximum Gasteiger partial charge on any atom is 0.288 e. The van der Waals surface area contributed by atoms with E-state index >= 15 is 0 Å². The molecular weight excluding hydrogens is 386 g/mol. The number of benzene rings is 2. The highest BCUT2D eigenvalue weighted by Gasteiger charge is 2.27. The first-order valence-corrected chi connectivity index (χ1v) is 9.72. The third-order valence-corrected chi connectivity index (χ3v) is 5.68. The van der Waals surface area contributed by atoms with Gasteiger partial charge in [-0.3, -0.25) is 24.8 Å². The Morgan fingerprint density at radius 2 is 2.07 bits per heavy atom. The zero-order valence-corrected chi connectivity index (χ0v) is 16.5. The van der Waals surface area contributed by atoms with Crippen LogP contribution in [0, 0.1) is 24.0 Å². The average molecular weight is 404 g/mol. The summed E-state index contributed by atoms with van der Waals surface area (Å²) in [5.74, 6) is 0.399. The van der Waals surface area contributed by atoms with Crippen molar-refractivity contribution in [2.45, 2.75) is 19.6 Å². The summed E-state index contributed by atoms with van der Waals surface area (Å²) in [7, 11) is 0. The number of nitro benzene ring substituents is 1. The van der Waals surface area contributed by atoms with E-state index in [4.69, 9.17) is 11.6 Å². The first-order valence-electron chi connectivity index (χ1n) is 8.36. The lowest BCUT2D eigenvalue weighted by Gasteiger charge is -2.18. The highest BCUT2D eigenvalue weighted by molar-refractivity contribution is 8.13. The fourth-order valence-corrected chi connectivity index (χ4v) is 4.07. The van der Waals surface area contributed by atoms with Crippen LogP contribution in [0.2, 0.25) is 5.02 Å². The van der Waals surface area contributed by atoms with Crippen LogP contribution in [0.25, 0.3) is 0 Å². The SMILES string of the molecule is Cc1ccc(C)c(CSC2=NCCN2C(=O)c2ccc(Cl)c([N+](=O)[O-])c2)c1. The molecule has 0 radical (unpaired) electrons. The van der Waals surface area contributed by atoms with Crippen molar-refractivity contribution in [2.75, 3.05) is 13.1 Å². The van der Waals surface area contributed by atoms with Gasteiger partial charge >= 0.3 is 0 Å². The van der Waals surface area contributed by atoms with Crippen molar-refractivity contribution >= 4 is 40.1 Å². The van der Waals surface area contributed by atoms with E-state index in [-0.39, 0.29) is 22.2 Å². The molecule has 140 valence electrons. The van der Waals surface area contributed by atoms with E-state index in [1.165, 1.54) is 46.7 Å². The molecule has 0 saturated heterocycles. The van der Waals surface area contributed by atoms with Gasteiger partial charge < -0.3 is 0 Å². The van der Waals surface area contributed by atoms with Crippen molar-refractivity contribution in [3.63, 3.8) is 0 Å². The summed E-state index contributed by atoms with van der Waals surface area (Å²) in [6.07, 6.45) is 0. The van der Waals surface area contributed by atoms with E-state index < -0.39 is 4.92 Å². The van der Waals surface area contributed by atoms with Gasteiger partial charge in [-0.05, 0) is 37.1 Å².